The van der Waals surface area contributed by atoms with E-state index in [2.05, 4.69) is 10.3 Å². The van der Waals surface area contributed by atoms with E-state index in [1.807, 2.05) is 31.2 Å². The first-order valence-corrected chi connectivity index (χ1v) is 10.4. The minimum atomic E-state index is -0.281. The molecule has 0 spiro atoms. The first kappa shape index (κ1) is 20.4. The van der Waals surface area contributed by atoms with Crippen molar-refractivity contribution < 1.29 is 9.53 Å². The van der Waals surface area contributed by atoms with Gasteiger partial charge in [0.05, 0.1) is 12.6 Å². The lowest BCUT2D eigenvalue weighted by molar-refractivity contribution is 0.0818. The van der Waals surface area contributed by atoms with E-state index in [1.165, 1.54) is 0 Å². The van der Waals surface area contributed by atoms with Crippen LogP contribution in [0.4, 0.5) is 10.5 Å². The van der Waals surface area contributed by atoms with E-state index in [1.54, 1.807) is 29.2 Å². The standard InChI is InChI=1S/C23H24ClN3O3/c1-15-4-5-16-12-17(22(28)26-21(16)11-15)13-27(14-20-3-2-10-30-20)23(29)25-19-8-6-18(24)7-9-19/h4-9,11-12,20H,2-3,10,13-14H2,1H3,(H,25,29)(H,26,28). The van der Waals surface area contributed by atoms with Crippen LogP contribution < -0.4 is 10.9 Å². The van der Waals surface area contributed by atoms with E-state index in [0.717, 1.165) is 29.3 Å². The number of rotatable bonds is 5. The monoisotopic (exact) mass is 425 g/mol. The largest absolute Gasteiger partial charge is 0.376 e. The molecule has 1 fully saturated rings. The van der Waals surface area contributed by atoms with E-state index >= 15 is 0 Å². The zero-order valence-corrected chi connectivity index (χ0v) is 17.5. The molecule has 4 rings (SSSR count). The van der Waals surface area contributed by atoms with Gasteiger partial charge >= 0.3 is 6.03 Å². The minimum absolute atomic E-state index is 0.0249. The molecule has 156 valence electrons. The van der Waals surface area contributed by atoms with Crippen molar-refractivity contribution in [3.05, 3.63) is 75.0 Å². The number of urea groups is 1. The van der Waals surface area contributed by atoms with Crippen LogP contribution in [0.25, 0.3) is 10.9 Å². The van der Waals surface area contributed by atoms with Crippen molar-refractivity contribution in [3.63, 3.8) is 0 Å². The Morgan fingerprint density at radius 3 is 2.77 bits per heavy atom. The van der Waals surface area contributed by atoms with E-state index in [4.69, 9.17) is 16.3 Å². The molecule has 0 bridgehead atoms. The summed E-state index contributed by atoms with van der Waals surface area (Å²) in [5.74, 6) is 0. The fourth-order valence-corrected chi connectivity index (χ4v) is 3.80. The lowest BCUT2D eigenvalue weighted by Crippen LogP contribution is -2.40. The minimum Gasteiger partial charge on any atom is -0.376 e. The van der Waals surface area contributed by atoms with Gasteiger partial charge in [0.1, 0.15) is 0 Å². The summed E-state index contributed by atoms with van der Waals surface area (Å²) < 4.78 is 5.73. The molecule has 6 nitrogen and oxygen atoms in total. The third-order valence-corrected chi connectivity index (χ3v) is 5.52. The molecule has 1 unspecified atom stereocenters. The molecule has 1 saturated heterocycles. The van der Waals surface area contributed by atoms with Crippen molar-refractivity contribution in [1.82, 2.24) is 9.88 Å². The highest BCUT2D eigenvalue weighted by atomic mass is 35.5. The normalized spacial score (nSPS) is 16.0. The quantitative estimate of drug-likeness (QED) is 0.622. The fraction of sp³-hybridized carbons (Fsp3) is 0.304. The molecule has 7 heteroatoms. The second-order valence-electron chi connectivity index (χ2n) is 7.67. The fourth-order valence-electron chi connectivity index (χ4n) is 3.67. The third-order valence-electron chi connectivity index (χ3n) is 5.27. The number of nitrogens with zero attached hydrogens (tertiary/aromatic N) is 1. The van der Waals surface area contributed by atoms with Gasteiger partial charge in [-0.3, -0.25) is 4.79 Å². The van der Waals surface area contributed by atoms with Gasteiger partial charge in [0.2, 0.25) is 0 Å². The lowest BCUT2D eigenvalue weighted by Gasteiger charge is -2.25. The Labute approximate surface area is 179 Å². The summed E-state index contributed by atoms with van der Waals surface area (Å²) in [6, 6.07) is 14.4. The third kappa shape index (κ3) is 4.83. The number of nitrogens with one attached hydrogen (secondary N) is 2. The highest BCUT2D eigenvalue weighted by Gasteiger charge is 2.24. The number of H-pyrrole nitrogens is 1. The van der Waals surface area contributed by atoms with E-state index in [0.29, 0.717) is 29.4 Å². The maximum Gasteiger partial charge on any atom is 0.322 e. The molecule has 1 aliphatic heterocycles. The number of halogens is 1. The van der Waals surface area contributed by atoms with Crippen LogP contribution in [0.3, 0.4) is 0 Å². The number of carbonyl (C=O) groups excluding carboxylic acids is 1. The maximum atomic E-state index is 13.0. The Morgan fingerprint density at radius 1 is 1.23 bits per heavy atom. The molecule has 1 atom stereocenters. The summed E-state index contributed by atoms with van der Waals surface area (Å²) in [5.41, 5.74) is 2.86. The van der Waals surface area contributed by atoms with Gasteiger partial charge in [-0.2, -0.15) is 0 Å². The SMILES string of the molecule is Cc1ccc2cc(CN(CC3CCCO3)C(=O)Nc3ccc(Cl)cc3)c(=O)[nH]c2c1. The summed E-state index contributed by atoms with van der Waals surface area (Å²) in [6.07, 6.45) is 1.86. The van der Waals surface area contributed by atoms with E-state index in [9.17, 15) is 9.59 Å². The van der Waals surface area contributed by atoms with Crippen LogP contribution >= 0.6 is 11.6 Å². The maximum absolute atomic E-state index is 13.0. The molecular formula is C23H24ClN3O3. The van der Waals surface area contributed by atoms with Crippen LogP contribution in [0.2, 0.25) is 5.02 Å². The van der Waals surface area contributed by atoms with Crippen LogP contribution in [0.15, 0.2) is 53.3 Å². The van der Waals surface area contributed by atoms with Crippen LogP contribution in [-0.2, 0) is 11.3 Å². The Kier molecular flexibility index (Phi) is 6.06. The second-order valence-corrected chi connectivity index (χ2v) is 8.10. The first-order valence-electron chi connectivity index (χ1n) is 10.0. The Morgan fingerprint density at radius 2 is 2.03 bits per heavy atom. The van der Waals surface area contributed by atoms with Crippen molar-refractivity contribution in [2.45, 2.75) is 32.4 Å². The summed E-state index contributed by atoms with van der Waals surface area (Å²) in [4.78, 5) is 30.3. The van der Waals surface area contributed by atoms with Crippen molar-refractivity contribution >= 4 is 34.2 Å². The molecule has 30 heavy (non-hydrogen) atoms. The van der Waals surface area contributed by atoms with Gasteiger partial charge in [-0.1, -0.05) is 23.7 Å². The van der Waals surface area contributed by atoms with E-state index < -0.39 is 0 Å². The number of hydrogen-bond acceptors (Lipinski definition) is 3. The number of ether oxygens (including phenoxy) is 1. The van der Waals surface area contributed by atoms with Gasteiger partial charge in [0.15, 0.2) is 0 Å². The average Bonchev–Trinajstić information content (AvgIpc) is 3.23. The number of benzene rings is 2. The number of amides is 2. The number of aryl methyl sites for hydroxylation is 1. The first-order chi connectivity index (χ1) is 14.5. The molecule has 2 aromatic carbocycles. The topological polar surface area (TPSA) is 74.4 Å². The van der Waals surface area contributed by atoms with Gasteiger partial charge < -0.3 is 19.9 Å². The molecule has 3 aromatic rings. The summed E-state index contributed by atoms with van der Waals surface area (Å²) in [6.45, 7) is 3.30. The molecule has 2 amide bonds. The van der Waals surface area contributed by atoms with Crippen LogP contribution in [0, 0.1) is 6.92 Å². The molecule has 1 aromatic heterocycles. The van der Waals surface area contributed by atoms with Gasteiger partial charge in [0.25, 0.3) is 5.56 Å². The predicted octanol–water partition coefficient (Wildman–Crippen LogP) is 4.70. The zero-order valence-electron chi connectivity index (χ0n) is 16.8. The van der Waals surface area contributed by atoms with Gasteiger partial charge in [-0.05, 0) is 67.1 Å². The molecule has 1 aliphatic rings. The van der Waals surface area contributed by atoms with Crippen molar-refractivity contribution in [1.29, 1.82) is 0 Å². The highest BCUT2D eigenvalue weighted by Crippen LogP contribution is 2.19. The molecule has 0 radical (unpaired) electrons. The number of pyridine rings is 1. The Balaban J connectivity index is 1.58. The van der Waals surface area contributed by atoms with Gasteiger partial charge in [0, 0.05) is 34.9 Å². The Bertz CT molecular complexity index is 1100. The number of aromatic nitrogens is 1. The molecule has 2 N–H and O–H groups in total. The molecule has 2 heterocycles. The smallest absolute Gasteiger partial charge is 0.322 e. The van der Waals surface area contributed by atoms with Crippen molar-refractivity contribution in [3.8, 4) is 0 Å². The molecular weight excluding hydrogens is 402 g/mol. The number of carbonyl (C=O) groups is 1. The lowest BCUT2D eigenvalue weighted by atomic mass is 10.1. The predicted molar refractivity (Wildman–Crippen MR) is 119 cm³/mol. The second kappa shape index (κ2) is 8.90. The Hall–Kier alpha value is -2.83. The average molecular weight is 426 g/mol. The van der Waals surface area contributed by atoms with E-state index in [-0.39, 0.29) is 24.2 Å². The summed E-state index contributed by atoms with van der Waals surface area (Å²) in [5, 5.41) is 4.42. The van der Waals surface area contributed by atoms with Crippen molar-refractivity contribution in [2.24, 2.45) is 0 Å². The van der Waals surface area contributed by atoms with Crippen LogP contribution in [0.5, 0.6) is 0 Å². The van der Waals surface area contributed by atoms with Crippen molar-refractivity contribution in [2.75, 3.05) is 18.5 Å². The molecule has 0 aliphatic carbocycles. The van der Waals surface area contributed by atoms with Crippen LogP contribution in [0.1, 0.15) is 24.0 Å². The number of anilines is 1. The summed E-state index contributed by atoms with van der Waals surface area (Å²) >= 11 is 5.93. The number of aromatic amines is 1. The van der Waals surface area contributed by atoms with Gasteiger partial charge in [-0.15, -0.1) is 0 Å². The van der Waals surface area contributed by atoms with Crippen LogP contribution in [-0.4, -0.2) is 35.2 Å². The number of hydrogen-bond donors (Lipinski definition) is 2. The summed E-state index contributed by atoms with van der Waals surface area (Å²) in [7, 11) is 0. The highest BCUT2D eigenvalue weighted by molar-refractivity contribution is 6.30. The number of fused-ring (bicyclic) bond motifs is 1. The van der Waals surface area contributed by atoms with Gasteiger partial charge in [-0.25, -0.2) is 4.79 Å². The molecule has 0 saturated carbocycles. The zero-order chi connectivity index (χ0) is 21.1.